The number of anilines is 3. The van der Waals surface area contributed by atoms with Crippen LogP contribution in [0, 0.1) is 0 Å². The fourth-order valence-electron chi connectivity index (χ4n) is 8.93. The van der Waals surface area contributed by atoms with Crippen LogP contribution in [0.4, 0.5) is 17.1 Å². The van der Waals surface area contributed by atoms with Crippen molar-refractivity contribution in [2.45, 2.75) is 0 Å². The molecular weight excluding hydrogens is 801 g/mol. The minimum Gasteiger partial charge on any atom is -0.456 e. The zero-order valence-corrected chi connectivity index (χ0v) is 33.7. The number of nitrogens with zero attached hydrogens (tertiary/aromatic N) is 4. The van der Waals surface area contributed by atoms with E-state index in [2.05, 4.69) is 205 Å². The summed E-state index contributed by atoms with van der Waals surface area (Å²) in [5.41, 5.74) is 12.5. The fourth-order valence-corrected chi connectivity index (χ4v) is 9.60. The molecule has 12 aromatic rings. The number of rotatable bonds is 6. The first-order valence-electron chi connectivity index (χ1n) is 20.0. The predicted molar refractivity (Wildman–Crippen MR) is 252 cm³/mol. The average molecular weight is 834 g/mol. The van der Waals surface area contributed by atoms with Gasteiger partial charge in [-0.05, 0) is 116 Å². The summed E-state index contributed by atoms with van der Waals surface area (Å²) in [6, 6.07) is 62.8. The molecule has 0 N–H and O–H groups in total. The van der Waals surface area contributed by atoms with E-state index in [0.29, 0.717) is 0 Å². The molecule has 0 saturated carbocycles. The predicted octanol–water partition coefficient (Wildman–Crippen LogP) is 15.3. The Hall–Kier alpha value is -7.54. The zero-order chi connectivity index (χ0) is 39.7. The molecule has 0 fully saturated rings. The van der Waals surface area contributed by atoms with Gasteiger partial charge in [0.05, 0.1) is 32.3 Å². The van der Waals surface area contributed by atoms with Gasteiger partial charge in [0, 0.05) is 69.2 Å². The van der Waals surface area contributed by atoms with Crippen LogP contribution < -0.4 is 4.90 Å². The molecule has 0 bridgehead atoms. The van der Waals surface area contributed by atoms with Crippen LogP contribution in [0.25, 0.3) is 93.2 Å². The maximum atomic E-state index is 6.85. The van der Waals surface area contributed by atoms with E-state index in [9.17, 15) is 0 Å². The van der Waals surface area contributed by atoms with E-state index in [0.717, 1.165) is 81.7 Å². The molecule has 0 aliphatic heterocycles. The van der Waals surface area contributed by atoms with Gasteiger partial charge in [-0.15, -0.1) is 0 Å². The second-order valence-corrected chi connectivity index (χ2v) is 16.0. The monoisotopic (exact) mass is 832 g/mol. The topological polar surface area (TPSA) is 47.1 Å². The fraction of sp³-hybridized carbons (Fsp3) is 0. The number of benzene rings is 8. The first-order valence-corrected chi connectivity index (χ1v) is 20.8. The van der Waals surface area contributed by atoms with Gasteiger partial charge in [-0.25, -0.2) is 0 Å². The summed E-state index contributed by atoms with van der Waals surface area (Å²) in [6.07, 6.45) is 7.52. The lowest BCUT2D eigenvalue weighted by Gasteiger charge is -2.28. The van der Waals surface area contributed by atoms with Crippen molar-refractivity contribution < 1.29 is 4.42 Å². The molecule has 4 heterocycles. The van der Waals surface area contributed by atoms with Crippen molar-refractivity contribution in [3.63, 3.8) is 0 Å². The van der Waals surface area contributed by atoms with E-state index in [1.807, 2.05) is 30.9 Å². The molecule has 12 rings (SSSR count). The third-order valence-corrected chi connectivity index (χ3v) is 12.6. The Labute approximate surface area is 353 Å². The molecule has 282 valence electrons. The number of aromatic nitrogens is 3. The quantitative estimate of drug-likeness (QED) is 0.167. The van der Waals surface area contributed by atoms with E-state index in [1.54, 1.807) is 0 Å². The van der Waals surface area contributed by atoms with E-state index in [4.69, 9.17) is 4.42 Å². The maximum absolute atomic E-state index is 6.85. The molecule has 0 saturated heterocycles. The Morgan fingerprint density at radius 2 is 1.00 bits per heavy atom. The van der Waals surface area contributed by atoms with Gasteiger partial charge in [-0.2, -0.15) is 0 Å². The number of pyridine rings is 2. The molecule has 0 amide bonds. The lowest BCUT2D eigenvalue weighted by atomic mass is 10.0. The third kappa shape index (κ3) is 5.53. The summed E-state index contributed by atoms with van der Waals surface area (Å²) in [5, 5.41) is 8.79. The van der Waals surface area contributed by atoms with Crippen LogP contribution >= 0.6 is 15.9 Å². The van der Waals surface area contributed by atoms with Gasteiger partial charge in [0.1, 0.15) is 11.2 Å². The van der Waals surface area contributed by atoms with Gasteiger partial charge in [0.2, 0.25) is 0 Å². The molecule has 0 unspecified atom stereocenters. The summed E-state index contributed by atoms with van der Waals surface area (Å²) >= 11 is 4.34. The first-order chi connectivity index (χ1) is 29.7. The lowest BCUT2D eigenvalue weighted by Crippen LogP contribution is -2.12. The average Bonchev–Trinajstić information content (AvgIpc) is 3.84. The largest absolute Gasteiger partial charge is 0.456 e. The highest BCUT2D eigenvalue weighted by atomic mass is 79.9. The van der Waals surface area contributed by atoms with Crippen LogP contribution in [0.2, 0.25) is 0 Å². The third-order valence-electron chi connectivity index (χ3n) is 11.8. The summed E-state index contributed by atoms with van der Waals surface area (Å²) in [5.74, 6) is 0. The number of furan rings is 1. The Morgan fingerprint density at radius 1 is 0.450 bits per heavy atom. The number of fused-ring (bicyclic) bond motifs is 8. The first kappa shape index (κ1) is 34.5. The van der Waals surface area contributed by atoms with Gasteiger partial charge in [0.25, 0.3) is 0 Å². The molecule has 4 aromatic heterocycles. The van der Waals surface area contributed by atoms with Crippen LogP contribution in [0.1, 0.15) is 0 Å². The molecule has 6 heteroatoms. The lowest BCUT2D eigenvalue weighted by molar-refractivity contribution is 0.669. The van der Waals surface area contributed by atoms with Crippen LogP contribution in [-0.2, 0) is 0 Å². The van der Waals surface area contributed by atoms with Gasteiger partial charge < -0.3 is 13.9 Å². The van der Waals surface area contributed by atoms with Crippen molar-refractivity contribution in [2.75, 3.05) is 4.90 Å². The number of para-hydroxylation sites is 1. The molecule has 60 heavy (non-hydrogen) atoms. The van der Waals surface area contributed by atoms with E-state index in [1.165, 1.54) is 33.0 Å². The molecule has 8 aromatic carbocycles. The van der Waals surface area contributed by atoms with Gasteiger partial charge in [0.15, 0.2) is 0 Å². The second-order valence-electron chi connectivity index (χ2n) is 15.2. The van der Waals surface area contributed by atoms with E-state index >= 15 is 0 Å². The van der Waals surface area contributed by atoms with Crippen LogP contribution in [-0.4, -0.2) is 14.5 Å². The minimum atomic E-state index is 0.793. The highest BCUT2D eigenvalue weighted by molar-refractivity contribution is 9.10. The van der Waals surface area contributed by atoms with Crippen LogP contribution in [0.15, 0.2) is 210 Å². The zero-order valence-electron chi connectivity index (χ0n) is 32.1. The van der Waals surface area contributed by atoms with Crippen molar-refractivity contribution >= 4 is 98.3 Å². The summed E-state index contributed by atoms with van der Waals surface area (Å²) in [6.45, 7) is 0. The Kier molecular flexibility index (Phi) is 7.93. The van der Waals surface area contributed by atoms with Gasteiger partial charge >= 0.3 is 0 Å². The maximum Gasteiger partial charge on any atom is 0.139 e. The number of hydrogen-bond donors (Lipinski definition) is 0. The SMILES string of the molecule is Brc1c(N(c2ccc3cnccc3c2)c2ccc3cnccc3c2)cc2oc3ccccc3c2c1-n1c2ccc(-c3ccccc3)cc2c2cc(-c3ccccc3)ccc21. The van der Waals surface area contributed by atoms with Crippen molar-refractivity contribution in [3.8, 4) is 27.9 Å². The smallest absolute Gasteiger partial charge is 0.139 e. The van der Waals surface area contributed by atoms with Crippen LogP contribution in [0.5, 0.6) is 0 Å². The Bertz CT molecular complexity index is 3460. The van der Waals surface area contributed by atoms with Crippen LogP contribution in [0.3, 0.4) is 0 Å². The van der Waals surface area contributed by atoms with E-state index < -0.39 is 0 Å². The standard InChI is InChI=1S/C54H33BrN4O/c55-53-49(58(42-19-15-40-32-56-25-23-38(40)27-42)43-20-16-41-33-57-26-24-39(41)28-43)31-51-52(44-13-7-8-14-50(44)60-51)54(53)59-47-21-17-36(34-9-3-1-4-10-34)29-45(47)46-30-37(18-22-48(46)59)35-11-5-2-6-12-35/h1-33H. The van der Waals surface area contributed by atoms with Crippen molar-refractivity contribution in [2.24, 2.45) is 0 Å². The second kappa shape index (κ2) is 13.8. The Balaban J connectivity index is 1.20. The minimum absolute atomic E-state index is 0.793. The highest BCUT2D eigenvalue weighted by Crippen LogP contribution is 2.50. The molecular formula is C54H33BrN4O. The number of halogens is 1. The summed E-state index contributed by atoms with van der Waals surface area (Å²) in [4.78, 5) is 11.1. The normalized spacial score (nSPS) is 11.8. The van der Waals surface area contributed by atoms with Crippen molar-refractivity contribution in [1.29, 1.82) is 0 Å². The van der Waals surface area contributed by atoms with Crippen molar-refractivity contribution in [1.82, 2.24) is 14.5 Å². The summed E-state index contributed by atoms with van der Waals surface area (Å²) < 4.78 is 10.2. The van der Waals surface area contributed by atoms with Crippen molar-refractivity contribution in [3.05, 3.63) is 205 Å². The molecule has 0 aliphatic rings. The van der Waals surface area contributed by atoms with E-state index in [-0.39, 0.29) is 0 Å². The Morgan fingerprint density at radius 3 is 1.58 bits per heavy atom. The number of hydrogen-bond acceptors (Lipinski definition) is 4. The molecule has 0 aliphatic carbocycles. The summed E-state index contributed by atoms with van der Waals surface area (Å²) in [7, 11) is 0. The molecule has 5 nitrogen and oxygen atoms in total. The highest BCUT2D eigenvalue weighted by Gasteiger charge is 2.27. The van der Waals surface area contributed by atoms with Gasteiger partial charge in [-0.1, -0.05) is 103 Å². The van der Waals surface area contributed by atoms with Gasteiger partial charge in [-0.3, -0.25) is 9.97 Å². The molecule has 0 radical (unpaired) electrons. The molecule has 0 atom stereocenters. The molecule has 0 spiro atoms.